The second-order valence-corrected chi connectivity index (χ2v) is 7.55. The highest BCUT2D eigenvalue weighted by atomic mass is 32.1. The minimum atomic E-state index is -0.488. The van der Waals surface area contributed by atoms with Gasteiger partial charge in [0.2, 0.25) is 0 Å². The van der Waals surface area contributed by atoms with E-state index in [0.717, 1.165) is 38.0 Å². The van der Waals surface area contributed by atoms with Crippen LogP contribution >= 0.6 is 12.2 Å². The highest BCUT2D eigenvalue weighted by Gasteiger charge is 2.15. The number of morpholine rings is 1. The molecule has 166 valence electrons. The van der Waals surface area contributed by atoms with E-state index in [9.17, 15) is 9.18 Å². The minimum absolute atomic E-state index is 0.0674. The number of ether oxygens (including phenoxy) is 2. The van der Waals surface area contributed by atoms with E-state index in [2.05, 4.69) is 27.4 Å². The standard InChI is InChI=1S/C22H27FN4O3S/c1-2-3-4-9-30-20-6-5-17(13-19(20)23)25-22(31)26-21(28)16-12-18(15-24-14-16)27-7-10-29-11-8-27/h5-6,12-15H,2-4,7-11H2,1H3,(H2,25,26,28,31). The van der Waals surface area contributed by atoms with Crippen molar-refractivity contribution < 1.29 is 18.7 Å². The van der Waals surface area contributed by atoms with Crippen LogP contribution in [0.4, 0.5) is 15.8 Å². The zero-order chi connectivity index (χ0) is 22.1. The largest absolute Gasteiger partial charge is 0.491 e. The van der Waals surface area contributed by atoms with Crippen LogP contribution in [0.1, 0.15) is 36.5 Å². The summed E-state index contributed by atoms with van der Waals surface area (Å²) in [7, 11) is 0. The van der Waals surface area contributed by atoms with E-state index in [0.29, 0.717) is 31.1 Å². The molecule has 3 rings (SSSR count). The van der Waals surface area contributed by atoms with Crippen molar-refractivity contribution in [2.24, 2.45) is 0 Å². The number of aromatic nitrogens is 1. The topological polar surface area (TPSA) is 75.7 Å². The summed E-state index contributed by atoms with van der Waals surface area (Å²) in [6, 6.07) is 6.25. The fraction of sp³-hybridized carbons (Fsp3) is 0.409. The van der Waals surface area contributed by atoms with E-state index in [4.69, 9.17) is 21.7 Å². The van der Waals surface area contributed by atoms with Crippen LogP contribution in [0.2, 0.25) is 0 Å². The number of carbonyl (C=O) groups excluding carboxylic acids is 1. The SMILES string of the molecule is CCCCCOc1ccc(NC(=S)NC(=O)c2cncc(N3CCOCC3)c2)cc1F. The molecule has 2 aromatic rings. The molecular formula is C22H27FN4O3S. The molecule has 1 fully saturated rings. The predicted molar refractivity (Wildman–Crippen MR) is 122 cm³/mol. The summed E-state index contributed by atoms with van der Waals surface area (Å²) < 4.78 is 25.1. The molecule has 1 aliphatic rings. The molecule has 0 aliphatic carbocycles. The van der Waals surface area contributed by atoms with Crippen molar-refractivity contribution in [3.05, 3.63) is 48.0 Å². The molecule has 9 heteroatoms. The number of rotatable bonds is 8. The molecule has 0 bridgehead atoms. The summed E-state index contributed by atoms with van der Waals surface area (Å²) in [4.78, 5) is 18.8. The quantitative estimate of drug-likeness (QED) is 0.472. The van der Waals surface area contributed by atoms with E-state index in [1.807, 2.05) is 0 Å². The molecule has 0 saturated carbocycles. The fourth-order valence-electron chi connectivity index (χ4n) is 3.11. The number of hydrogen-bond acceptors (Lipinski definition) is 6. The molecule has 0 spiro atoms. The summed E-state index contributed by atoms with van der Waals surface area (Å²) in [5, 5.41) is 5.49. The van der Waals surface area contributed by atoms with E-state index < -0.39 is 11.7 Å². The van der Waals surface area contributed by atoms with Crippen LogP contribution < -0.4 is 20.3 Å². The summed E-state index contributed by atoms with van der Waals surface area (Å²) >= 11 is 5.20. The van der Waals surface area contributed by atoms with E-state index in [-0.39, 0.29) is 10.9 Å². The number of carbonyl (C=O) groups is 1. The second kappa shape index (κ2) is 11.6. The van der Waals surface area contributed by atoms with E-state index in [1.165, 1.54) is 12.3 Å². The average molecular weight is 447 g/mol. The predicted octanol–water partition coefficient (Wildman–Crippen LogP) is 3.75. The number of pyridine rings is 1. The Hall–Kier alpha value is -2.78. The van der Waals surface area contributed by atoms with Gasteiger partial charge in [-0.15, -0.1) is 0 Å². The monoisotopic (exact) mass is 446 g/mol. The fourth-order valence-corrected chi connectivity index (χ4v) is 3.32. The van der Waals surface area contributed by atoms with Crippen molar-refractivity contribution in [2.45, 2.75) is 26.2 Å². The van der Waals surface area contributed by atoms with Crippen LogP contribution in [0.25, 0.3) is 0 Å². The van der Waals surface area contributed by atoms with Gasteiger partial charge in [-0.2, -0.15) is 0 Å². The Morgan fingerprint density at radius 3 is 2.81 bits per heavy atom. The summed E-state index contributed by atoms with van der Waals surface area (Å²) in [5.74, 6) is -0.683. The minimum Gasteiger partial charge on any atom is -0.491 e. The smallest absolute Gasteiger partial charge is 0.259 e. The van der Waals surface area contributed by atoms with Crippen LogP contribution in [0.3, 0.4) is 0 Å². The average Bonchev–Trinajstić information content (AvgIpc) is 2.78. The molecule has 2 N–H and O–H groups in total. The number of nitrogens with zero attached hydrogens (tertiary/aromatic N) is 2. The van der Waals surface area contributed by atoms with Crippen molar-refractivity contribution in [1.82, 2.24) is 10.3 Å². The number of unbranched alkanes of at least 4 members (excludes halogenated alkanes) is 2. The van der Waals surface area contributed by atoms with E-state index >= 15 is 0 Å². The Morgan fingerprint density at radius 2 is 2.06 bits per heavy atom. The van der Waals surface area contributed by atoms with Gasteiger partial charge < -0.3 is 19.7 Å². The van der Waals surface area contributed by atoms with Crippen LogP contribution in [-0.2, 0) is 4.74 Å². The Kier molecular flexibility index (Phi) is 8.54. The number of halogens is 1. The van der Waals surface area contributed by atoms with Crippen molar-refractivity contribution in [3.63, 3.8) is 0 Å². The van der Waals surface area contributed by atoms with Crippen molar-refractivity contribution >= 4 is 34.6 Å². The first-order valence-corrected chi connectivity index (χ1v) is 10.8. The van der Waals surface area contributed by atoms with Gasteiger partial charge in [-0.1, -0.05) is 19.8 Å². The van der Waals surface area contributed by atoms with Gasteiger partial charge >= 0.3 is 0 Å². The van der Waals surface area contributed by atoms with Gasteiger partial charge in [-0.3, -0.25) is 15.1 Å². The van der Waals surface area contributed by atoms with Gasteiger partial charge in [0.25, 0.3) is 5.91 Å². The highest BCUT2D eigenvalue weighted by molar-refractivity contribution is 7.80. The van der Waals surface area contributed by atoms with Crippen molar-refractivity contribution in [3.8, 4) is 5.75 Å². The zero-order valence-electron chi connectivity index (χ0n) is 17.5. The molecule has 31 heavy (non-hydrogen) atoms. The van der Waals surface area contributed by atoms with Gasteiger partial charge in [0, 0.05) is 31.0 Å². The van der Waals surface area contributed by atoms with Crippen LogP contribution in [0.15, 0.2) is 36.7 Å². The third-order valence-corrected chi connectivity index (χ3v) is 4.99. The molecule has 1 saturated heterocycles. The number of thiocarbonyl (C=S) groups is 1. The number of nitrogens with one attached hydrogen (secondary N) is 2. The van der Waals surface area contributed by atoms with E-state index in [1.54, 1.807) is 24.4 Å². The normalized spacial score (nSPS) is 13.5. The lowest BCUT2D eigenvalue weighted by molar-refractivity contribution is 0.0977. The molecule has 2 heterocycles. The highest BCUT2D eigenvalue weighted by Crippen LogP contribution is 2.22. The molecule has 1 aromatic heterocycles. The molecule has 7 nitrogen and oxygen atoms in total. The first-order chi connectivity index (χ1) is 15.1. The maximum absolute atomic E-state index is 14.2. The van der Waals surface area contributed by atoms with Crippen LogP contribution in [-0.4, -0.2) is 48.9 Å². The molecule has 1 aliphatic heterocycles. The third kappa shape index (κ3) is 6.86. The lowest BCUT2D eigenvalue weighted by Crippen LogP contribution is -2.37. The second-order valence-electron chi connectivity index (χ2n) is 7.14. The Bertz CT molecular complexity index is 906. The lowest BCUT2D eigenvalue weighted by Gasteiger charge is -2.28. The molecule has 1 amide bonds. The van der Waals surface area contributed by atoms with Gasteiger partial charge in [-0.25, -0.2) is 4.39 Å². The molecule has 0 atom stereocenters. The van der Waals surface area contributed by atoms with Gasteiger partial charge in [0.1, 0.15) is 0 Å². The zero-order valence-corrected chi connectivity index (χ0v) is 18.3. The molecule has 0 unspecified atom stereocenters. The molecule has 1 aromatic carbocycles. The van der Waals surface area contributed by atoms with Crippen molar-refractivity contribution in [1.29, 1.82) is 0 Å². The first kappa shape index (κ1) is 22.9. The van der Waals surface area contributed by atoms with Gasteiger partial charge in [0.15, 0.2) is 16.7 Å². The summed E-state index contributed by atoms with van der Waals surface area (Å²) in [5.41, 5.74) is 1.66. The van der Waals surface area contributed by atoms with Crippen molar-refractivity contribution in [2.75, 3.05) is 43.1 Å². The molecular weight excluding hydrogens is 419 g/mol. The molecule has 0 radical (unpaired) electrons. The number of amides is 1. The first-order valence-electron chi connectivity index (χ1n) is 10.4. The third-order valence-electron chi connectivity index (χ3n) is 4.78. The van der Waals surface area contributed by atoms with Crippen LogP contribution in [0, 0.1) is 5.82 Å². The summed E-state index contributed by atoms with van der Waals surface area (Å²) in [6.07, 6.45) is 6.19. The Morgan fingerprint density at radius 1 is 1.26 bits per heavy atom. The number of hydrogen-bond donors (Lipinski definition) is 2. The van der Waals surface area contributed by atoms with Gasteiger partial charge in [0.05, 0.1) is 37.3 Å². The number of benzene rings is 1. The lowest BCUT2D eigenvalue weighted by atomic mass is 10.2. The maximum Gasteiger partial charge on any atom is 0.259 e. The Labute approximate surface area is 186 Å². The van der Waals surface area contributed by atoms with Gasteiger partial charge in [-0.05, 0) is 36.8 Å². The number of anilines is 2. The maximum atomic E-state index is 14.2. The summed E-state index contributed by atoms with van der Waals surface area (Å²) in [6.45, 7) is 5.35. The van der Waals surface area contributed by atoms with Crippen LogP contribution in [0.5, 0.6) is 5.75 Å². The Balaban J connectivity index is 1.54.